The van der Waals surface area contributed by atoms with Crippen LogP contribution in [0.5, 0.6) is 11.5 Å². The van der Waals surface area contributed by atoms with E-state index in [-0.39, 0.29) is 31.6 Å². The van der Waals surface area contributed by atoms with Crippen molar-refractivity contribution in [2.45, 2.75) is 31.3 Å². The standard InChI is InChI=1S/C68H58N8O2.2C12H8N2.Ru/c1-5-15-43(16-6-1)60-52-31-33-54(71-52)61(44-17-7-2-8-18-44)56-35-37-58(73-56)63(59-38-36-57(74-59)62(45-19-9-3-10-20-45)55-34-32-53(60)72-55)46-23-27-48(28-24-46)77-41-11-4-12-42-78-49-29-25-47(26-30-49)68-75-66-50-21-13-39-69-64(50)65-51(67(66)76-68)22-14-40-70-65;2*1-3-9-5-6-10-4-2-8-14-12(10)11(9)13-7-1;/h1-3,5-10,13-38,52,57,69-74H,4,11-12,39-42H2,(H,75,76);2*1-8H;/q;;;+2/b60-53-,61-54-,62-55-,63-59-;;;. The molecule has 107 heavy (non-hydrogen) atoms. The fraction of sp³-hybridized carbons (Fsp3) is 0.0978. The predicted molar refractivity (Wildman–Crippen MR) is 431 cm³/mol. The summed E-state index contributed by atoms with van der Waals surface area (Å²) in [5.74, 6) is 2.54. The van der Waals surface area contributed by atoms with Crippen molar-refractivity contribution in [3.8, 4) is 22.9 Å². The van der Waals surface area contributed by atoms with Crippen LogP contribution in [0.4, 0.5) is 11.4 Å². The van der Waals surface area contributed by atoms with Gasteiger partial charge in [-0.25, -0.2) is 4.98 Å². The number of aromatic nitrogens is 8. The fourth-order valence-electron chi connectivity index (χ4n) is 15.0. The van der Waals surface area contributed by atoms with Crippen molar-refractivity contribution < 1.29 is 29.0 Å². The van der Waals surface area contributed by atoms with E-state index in [0.717, 1.165) is 199 Å². The molecular weight excluding hydrogens is 1410 g/mol. The molecule has 5 aliphatic heterocycles. The number of unbranched alkanes of at least 4 members (excludes halogenated alkanes) is 2. The van der Waals surface area contributed by atoms with Gasteiger partial charge < -0.3 is 45.7 Å². The van der Waals surface area contributed by atoms with Crippen molar-refractivity contribution in [3.05, 3.63) is 365 Å². The van der Waals surface area contributed by atoms with Crippen LogP contribution in [-0.4, -0.2) is 78.3 Å². The Kier molecular flexibility index (Phi) is 19.1. The first kappa shape index (κ1) is 67.2. The van der Waals surface area contributed by atoms with Gasteiger partial charge in [0.2, 0.25) is 0 Å². The summed E-state index contributed by atoms with van der Waals surface area (Å²) in [6, 6.07) is 81.9. The Labute approximate surface area is 631 Å². The van der Waals surface area contributed by atoms with Gasteiger partial charge in [0.1, 0.15) is 17.3 Å². The second kappa shape index (κ2) is 30.4. The van der Waals surface area contributed by atoms with Gasteiger partial charge in [0, 0.05) is 132 Å². The molecule has 15 aromatic rings. The number of ether oxygens (including phenoxy) is 2. The molecule has 0 aliphatic carbocycles. The maximum atomic E-state index is 6.36. The summed E-state index contributed by atoms with van der Waals surface area (Å²) in [5, 5.41) is 21.8. The molecule has 7 aromatic heterocycles. The maximum Gasteiger partial charge on any atom is 2.00 e. The molecule has 0 radical (unpaired) electrons. The smallest absolute Gasteiger partial charge is 0.494 e. The molecule has 0 saturated heterocycles. The van der Waals surface area contributed by atoms with Crippen LogP contribution in [0.15, 0.2) is 309 Å². The summed E-state index contributed by atoms with van der Waals surface area (Å²) in [6.45, 7) is 2.88. The Bertz CT molecular complexity index is 5860. The van der Waals surface area contributed by atoms with Crippen LogP contribution in [0.3, 0.4) is 0 Å². The van der Waals surface area contributed by atoms with E-state index in [1.807, 2.05) is 36.4 Å². The van der Waals surface area contributed by atoms with E-state index >= 15 is 0 Å². The first-order valence-electron chi connectivity index (χ1n) is 36.3. The van der Waals surface area contributed by atoms with Crippen molar-refractivity contribution in [1.82, 2.24) is 50.5 Å². The van der Waals surface area contributed by atoms with E-state index in [2.05, 4.69) is 305 Å². The SMILES string of the molecule is C1=Cc2c(c3c(c4[nH]c(-c5ccc(OCCCCCOc6ccc(/C7=C8\C=CC(N8)/C(c8ccccc8)=c8/cc/c([nH]8)=C(\c8ccccc8)C8C=C/C(=C(\c9ccccc9)c9ccc7[nH]9)N8)cc6)cc5)nc24)C=CCN3)NC1.[Ru+2].c1cnc2c(c1)ccc1cccnc12.c1cnc2c(c1)ccc1cccnc12. The van der Waals surface area contributed by atoms with Crippen LogP contribution in [0.2, 0.25) is 0 Å². The quantitative estimate of drug-likeness (QED) is 0.0332. The summed E-state index contributed by atoms with van der Waals surface area (Å²) in [7, 11) is 0. The van der Waals surface area contributed by atoms with Crippen molar-refractivity contribution in [1.29, 1.82) is 0 Å². The molecule has 0 amide bonds. The minimum atomic E-state index is -0.104. The number of nitrogens with zero attached hydrogens (tertiary/aromatic N) is 5. The average Bonchev–Trinajstić information content (AvgIpc) is 1.63. The molecule has 0 spiro atoms. The van der Waals surface area contributed by atoms with E-state index in [0.29, 0.717) is 13.2 Å². The maximum absolute atomic E-state index is 6.36. The number of aromatic amines is 3. The van der Waals surface area contributed by atoms with Crippen molar-refractivity contribution in [2.24, 2.45) is 0 Å². The number of imidazole rings is 1. The summed E-state index contributed by atoms with van der Waals surface area (Å²) >= 11 is 0. The van der Waals surface area contributed by atoms with Gasteiger partial charge in [-0.15, -0.1) is 0 Å². The van der Waals surface area contributed by atoms with Gasteiger partial charge in [-0.05, 0) is 139 Å². The third-order valence-corrected chi connectivity index (χ3v) is 20.1. The molecule has 2 atom stereocenters. The number of rotatable bonds is 13. The molecule has 5 aliphatic rings. The minimum Gasteiger partial charge on any atom is -0.494 e. The number of pyridine rings is 4. The molecule has 2 unspecified atom stereocenters. The second-order valence-corrected chi connectivity index (χ2v) is 26.7. The normalized spacial score (nSPS) is 17.5. The molecule has 7 N–H and O–H groups in total. The largest absolute Gasteiger partial charge is 2.00 e. The van der Waals surface area contributed by atoms with Crippen LogP contribution in [0, 0.1) is 0 Å². The number of anilines is 2. The molecule has 14 nitrogen and oxygen atoms in total. The molecule has 8 aromatic carbocycles. The monoisotopic (exact) mass is 1480 g/mol. The summed E-state index contributed by atoms with van der Waals surface area (Å²) in [6.07, 6.45) is 27.8. The van der Waals surface area contributed by atoms with Gasteiger partial charge in [-0.1, -0.05) is 188 Å². The molecule has 520 valence electrons. The number of nitrogens with one attached hydrogen (secondary N) is 7. The number of fused-ring (bicyclic) bond motifs is 20. The Morgan fingerprint density at radius 1 is 0.355 bits per heavy atom. The van der Waals surface area contributed by atoms with Gasteiger partial charge in [0.05, 0.1) is 69.8 Å². The first-order chi connectivity index (χ1) is 52.6. The topological polar surface area (TPSA) is 178 Å². The van der Waals surface area contributed by atoms with E-state index in [1.165, 1.54) is 11.1 Å². The Hall–Kier alpha value is -13.0. The molecule has 15 heteroatoms. The number of allylic oxidation sites excluding steroid dienone is 2. The van der Waals surface area contributed by atoms with Gasteiger partial charge in [-0.2, -0.15) is 0 Å². The predicted octanol–water partition coefficient (Wildman–Crippen LogP) is 17.6. The van der Waals surface area contributed by atoms with Crippen LogP contribution < -0.4 is 41.4 Å². The summed E-state index contributed by atoms with van der Waals surface area (Å²) < 4.78 is 12.6. The van der Waals surface area contributed by atoms with Crippen LogP contribution >= 0.6 is 0 Å². The number of hydrogen-bond donors (Lipinski definition) is 7. The average molecular weight is 1480 g/mol. The van der Waals surface area contributed by atoms with Crippen LogP contribution in [-0.2, 0) is 19.5 Å². The number of benzene rings is 8. The van der Waals surface area contributed by atoms with Crippen molar-refractivity contribution in [2.75, 3.05) is 36.9 Å². The Balaban J connectivity index is 0.000000238. The van der Waals surface area contributed by atoms with E-state index < -0.39 is 0 Å². The molecular formula is C92H74N12O2Ru+2. The van der Waals surface area contributed by atoms with Crippen molar-refractivity contribution in [3.63, 3.8) is 0 Å². The molecule has 20 rings (SSSR count). The van der Waals surface area contributed by atoms with Crippen LogP contribution in [0.1, 0.15) is 64.0 Å². The molecule has 8 bridgehead atoms. The number of hydrogen-bond acceptors (Lipinski definition) is 11. The second-order valence-electron chi connectivity index (χ2n) is 26.7. The van der Waals surface area contributed by atoms with Gasteiger partial charge in [-0.3, -0.25) is 19.9 Å². The van der Waals surface area contributed by atoms with Gasteiger partial charge >= 0.3 is 19.5 Å². The third-order valence-electron chi connectivity index (χ3n) is 20.1. The Morgan fingerprint density at radius 3 is 1.24 bits per heavy atom. The Morgan fingerprint density at radius 2 is 0.776 bits per heavy atom. The zero-order valence-corrected chi connectivity index (χ0v) is 60.2. The van der Waals surface area contributed by atoms with Crippen molar-refractivity contribution >= 4 is 100 Å². The molecule has 0 fully saturated rings. The molecule has 0 saturated carbocycles. The van der Waals surface area contributed by atoms with Crippen LogP contribution in [0.25, 0.3) is 100 Å². The minimum absolute atomic E-state index is 0. The number of H-pyrrole nitrogens is 3. The van der Waals surface area contributed by atoms with Gasteiger partial charge in [0.15, 0.2) is 0 Å². The van der Waals surface area contributed by atoms with Gasteiger partial charge in [0.25, 0.3) is 0 Å². The van der Waals surface area contributed by atoms with E-state index in [1.54, 1.807) is 24.8 Å². The zero-order chi connectivity index (χ0) is 70.5. The first-order valence-corrected chi connectivity index (χ1v) is 36.3. The molecule has 12 heterocycles. The fourth-order valence-corrected chi connectivity index (χ4v) is 15.0. The summed E-state index contributed by atoms with van der Waals surface area (Å²) in [5.41, 5.74) is 24.7. The summed E-state index contributed by atoms with van der Waals surface area (Å²) in [4.78, 5) is 33.9. The zero-order valence-electron chi connectivity index (χ0n) is 58.5. The van der Waals surface area contributed by atoms with E-state index in [4.69, 9.17) is 14.5 Å². The van der Waals surface area contributed by atoms with E-state index in [9.17, 15) is 0 Å². The third kappa shape index (κ3) is 13.7.